The van der Waals surface area contributed by atoms with E-state index in [4.69, 9.17) is 19.2 Å². The molecular formula is C22H32N4O5. The van der Waals surface area contributed by atoms with Gasteiger partial charge in [0.15, 0.2) is 6.61 Å². The second kappa shape index (κ2) is 10.00. The number of rotatable bonds is 7. The van der Waals surface area contributed by atoms with Gasteiger partial charge in [-0.15, -0.1) is 0 Å². The molecule has 0 atom stereocenters. The maximum absolute atomic E-state index is 12.1. The Morgan fingerprint density at radius 2 is 1.97 bits per heavy atom. The molecule has 1 aliphatic heterocycles. The maximum Gasteiger partial charge on any atom is 0.408 e. The molecule has 1 saturated heterocycles. The average molecular weight is 433 g/mol. The summed E-state index contributed by atoms with van der Waals surface area (Å²) in [4.78, 5) is 28.6. The van der Waals surface area contributed by atoms with Crippen molar-refractivity contribution in [2.24, 2.45) is 0 Å². The third kappa shape index (κ3) is 6.33. The van der Waals surface area contributed by atoms with Crippen molar-refractivity contribution in [3.05, 3.63) is 24.0 Å². The summed E-state index contributed by atoms with van der Waals surface area (Å²) in [7, 11) is 0. The van der Waals surface area contributed by atoms with E-state index in [9.17, 15) is 9.59 Å². The van der Waals surface area contributed by atoms with Crippen LogP contribution in [0.1, 0.15) is 52.4 Å². The lowest BCUT2D eigenvalue weighted by Crippen LogP contribution is -2.33. The summed E-state index contributed by atoms with van der Waals surface area (Å²) in [5.74, 6) is 1.15. The van der Waals surface area contributed by atoms with Crippen molar-refractivity contribution in [1.82, 2.24) is 20.2 Å². The van der Waals surface area contributed by atoms with E-state index in [-0.39, 0.29) is 25.1 Å². The van der Waals surface area contributed by atoms with E-state index in [0.717, 1.165) is 29.7 Å². The molecule has 1 aromatic heterocycles. The minimum Gasteiger partial charge on any atom is -0.484 e. The van der Waals surface area contributed by atoms with Crippen molar-refractivity contribution in [3.63, 3.8) is 0 Å². The Morgan fingerprint density at radius 1 is 1.23 bits per heavy atom. The number of aromatic nitrogens is 2. The molecule has 0 spiro atoms. The fraction of sp³-hybridized carbons (Fsp3) is 0.591. The quantitative estimate of drug-likeness (QED) is 0.697. The van der Waals surface area contributed by atoms with Crippen LogP contribution < -0.4 is 15.4 Å². The summed E-state index contributed by atoms with van der Waals surface area (Å²) in [6, 6.07) is 5.84. The van der Waals surface area contributed by atoms with Crippen LogP contribution in [0.2, 0.25) is 0 Å². The number of hydrogen-bond acceptors (Lipinski definition) is 6. The Kier molecular flexibility index (Phi) is 7.37. The first kappa shape index (κ1) is 22.9. The van der Waals surface area contributed by atoms with Gasteiger partial charge < -0.3 is 29.4 Å². The number of imidazole rings is 1. The molecule has 9 heteroatoms. The second-order valence-corrected chi connectivity index (χ2v) is 8.49. The van der Waals surface area contributed by atoms with Gasteiger partial charge in [-0.25, -0.2) is 9.78 Å². The molecule has 2 aromatic rings. The summed E-state index contributed by atoms with van der Waals surface area (Å²) in [6.07, 6.45) is 1.27. The van der Waals surface area contributed by atoms with E-state index < -0.39 is 11.7 Å². The average Bonchev–Trinajstić information content (AvgIpc) is 3.08. The summed E-state index contributed by atoms with van der Waals surface area (Å²) < 4.78 is 18.6. The predicted molar refractivity (Wildman–Crippen MR) is 116 cm³/mol. The van der Waals surface area contributed by atoms with E-state index >= 15 is 0 Å². The van der Waals surface area contributed by atoms with Gasteiger partial charge in [-0.2, -0.15) is 0 Å². The molecule has 0 aliphatic carbocycles. The fourth-order valence-corrected chi connectivity index (χ4v) is 3.56. The molecule has 2 N–H and O–H groups in total. The SMILES string of the molecule is CCNC(=O)COc1ccc2c(c1)nc(CNC(=O)OC(C)(C)C)n2C1CCOCC1. The lowest BCUT2D eigenvalue weighted by molar-refractivity contribution is -0.122. The van der Waals surface area contributed by atoms with Gasteiger partial charge in [-0.05, 0) is 52.7 Å². The van der Waals surface area contributed by atoms with Gasteiger partial charge in [-0.3, -0.25) is 4.79 Å². The Bertz CT molecular complexity index is 912. The van der Waals surface area contributed by atoms with Crippen LogP contribution in [0, 0.1) is 0 Å². The standard InChI is InChI=1S/C22H32N4O5/c1-5-23-20(27)14-30-16-6-7-18-17(12-16)25-19(13-24-21(28)31-22(2,3)4)26(18)15-8-10-29-11-9-15/h6-7,12,15H,5,8-11,13-14H2,1-4H3,(H,23,27)(H,24,28). The zero-order chi connectivity index (χ0) is 22.4. The van der Waals surface area contributed by atoms with Crippen LogP contribution in [0.4, 0.5) is 4.79 Å². The van der Waals surface area contributed by atoms with Gasteiger partial charge in [0.1, 0.15) is 17.2 Å². The molecule has 2 heterocycles. The number of likely N-dealkylation sites (N-methyl/N-ethyl adjacent to an activating group) is 1. The Morgan fingerprint density at radius 3 is 2.65 bits per heavy atom. The van der Waals surface area contributed by atoms with Crippen LogP contribution in [0.15, 0.2) is 18.2 Å². The number of alkyl carbamates (subject to hydrolysis) is 1. The number of hydrogen-bond donors (Lipinski definition) is 2. The lowest BCUT2D eigenvalue weighted by atomic mass is 10.1. The van der Waals surface area contributed by atoms with Gasteiger partial charge in [0.25, 0.3) is 5.91 Å². The minimum absolute atomic E-state index is 0.0485. The highest BCUT2D eigenvalue weighted by Crippen LogP contribution is 2.30. The first-order chi connectivity index (χ1) is 14.8. The van der Waals surface area contributed by atoms with Crippen molar-refractivity contribution in [1.29, 1.82) is 0 Å². The number of nitrogens with zero attached hydrogens (tertiary/aromatic N) is 2. The van der Waals surface area contributed by atoms with Crippen molar-refractivity contribution in [3.8, 4) is 5.75 Å². The Balaban J connectivity index is 1.82. The van der Waals surface area contributed by atoms with Gasteiger partial charge >= 0.3 is 6.09 Å². The van der Waals surface area contributed by atoms with Gasteiger partial charge in [0.2, 0.25) is 0 Å². The van der Waals surface area contributed by atoms with E-state index in [1.807, 2.05) is 45.9 Å². The van der Waals surface area contributed by atoms with E-state index in [2.05, 4.69) is 15.2 Å². The first-order valence-corrected chi connectivity index (χ1v) is 10.7. The molecule has 0 bridgehead atoms. The van der Waals surface area contributed by atoms with E-state index in [1.54, 1.807) is 0 Å². The molecule has 1 fully saturated rings. The highest BCUT2D eigenvalue weighted by atomic mass is 16.6. The third-order valence-corrected chi connectivity index (χ3v) is 4.82. The second-order valence-electron chi connectivity index (χ2n) is 8.49. The molecule has 31 heavy (non-hydrogen) atoms. The summed E-state index contributed by atoms with van der Waals surface area (Å²) >= 11 is 0. The van der Waals surface area contributed by atoms with Crippen molar-refractivity contribution >= 4 is 23.0 Å². The predicted octanol–water partition coefficient (Wildman–Crippen LogP) is 2.93. The largest absolute Gasteiger partial charge is 0.484 e. The molecule has 0 radical (unpaired) electrons. The number of benzene rings is 1. The smallest absolute Gasteiger partial charge is 0.408 e. The Labute approximate surface area is 182 Å². The highest BCUT2D eigenvalue weighted by molar-refractivity contribution is 5.79. The molecule has 0 saturated carbocycles. The van der Waals surface area contributed by atoms with Crippen LogP contribution in [0.5, 0.6) is 5.75 Å². The van der Waals surface area contributed by atoms with Crippen LogP contribution in [-0.4, -0.2) is 53.5 Å². The molecule has 170 valence electrons. The maximum atomic E-state index is 12.1. The van der Waals surface area contributed by atoms with Crippen LogP contribution in [-0.2, 0) is 20.8 Å². The van der Waals surface area contributed by atoms with Gasteiger partial charge in [0, 0.05) is 31.9 Å². The number of ether oxygens (including phenoxy) is 3. The van der Waals surface area contributed by atoms with Crippen molar-refractivity contribution in [2.75, 3.05) is 26.4 Å². The molecule has 9 nitrogen and oxygen atoms in total. The highest BCUT2D eigenvalue weighted by Gasteiger charge is 2.23. The normalized spacial score (nSPS) is 15.0. The van der Waals surface area contributed by atoms with Crippen molar-refractivity contribution < 1.29 is 23.8 Å². The Hall–Kier alpha value is -2.81. The number of nitrogens with one attached hydrogen (secondary N) is 2. The monoisotopic (exact) mass is 432 g/mol. The molecule has 1 aliphatic rings. The topological polar surface area (TPSA) is 104 Å². The molecule has 1 aromatic carbocycles. The van der Waals surface area contributed by atoms with E-state index in [0.29, 0.717) is 25.5 Å². The van der Waals surface area contributed by atoms with Crippen LogP contribution in [0.3, 0.4) is 0 Å². The molecule has 2 amide bonds. The minimum atomic E-state index is -0.568. The number of amides is 2. The molecular weight excluding hydrogens is 400 g/mol. The summed E-state index contributed by atoms with van der Waals surface area (Å²) in [5, 5.41) is 5.51. The molecule has 0 unspecified atom stereocenters. The van der Waals surface area contributed by atoms with Gasteiger partial charge in [-0.1, -0.05) is 0 Å². The third-order valence-electron chi connectivity index (χ3n) is 4.82. The lowest BCUT2D eigenvalue weighted by Gasteiger charge is -2.26. The van der Waals surface area contributed by atoms with Crippen LogP contribution in [0.25, 0.3) is 11.0 Å². The summed E-state index contributed by atoms with van der Waals surface area (Å²) in [5.41, 5.74) is 1.14. The zero-order valence-corrected chi connectivity index (χ0v) is 18.7. The zero-order valence-electron chi connectivity index (χ0n) is 18.7. The number of carbonyl (C=O) groups is 2. The summed E-state index contributed by atoms with van der Waals surface area (Å²) in [6.45, 7) is 9.48. The van der Waals surface area contributed by atoms with Crippen molar-refractivity contribution in [2.45, 2.75) is 58.7 Å². The van der Waals surface area contributed by atoms with E-state index in [1.165, 1.54) is 0 Å². The number of carbonyl (C=O) groups excluding carboxylic acids is 2. The van der Waals surface area contributed by atoms with Gasteiger partial charge in [0.05, 0.1) is 17.6 Å². The van der Waals surface area contributed by atoms with Crippen LogP contribution >= 0.6 is 0 Å². The first-order valence-electron chi connectivity index (χ1n) is 10.7. The molecule has 3 rings (SSSR count). The fourth-order valence-electron chi connectivity index (χ4n) is 3.56. The number of fused-ring (bicyclic) bond motifs is 1.